The van der Waals surface area contributed by atoms with Gasteiger partial charge in [-0.15, -0.1) is 0 Å². The average Bonchev–Trinajstić information content (AvgIpc) is 3.38. The number of fused-ring (bicyclic) bond motifs is 1. The number of benzene rings is 3. The van der Waals surface area contributed by atoms with Crippen molar-refractivity contribution in [3.05, 3.63) is 95.7 Å². The number of aromatic nitrogens is 4. The van der Waals surface area contributed by atoms with Gasteiger partial charge >= 0.3 is 0 Å². The first-order valence-electron chi connectivity index (χ1n) is 9.33. The Morgan fingerprint density at radius 3 is 2.47 bits per heavy atom. The van der Waals surface area contributed by atoms with E-state index in [0.717, 1.165) is 16.7 Å². The lowest BCUT2D eigenvalue weighted by Crippen LogP contribution is -2.05. The topological polar surface area (TPSA) is 55.7 Å². The first-order chi connectivity index (χ1) is 14.7. The van der Waals surface area contributed by atoms with Crippen LogP contribution in [0.2, 0.25) is 5.02 Å². The highest BCUT2D eigenvalue weighted by Gasteiger charge is 2.15. The van der Waals surface area contributed by atoms with E-state index >= 15 is 0 Å². The molecule has 0 spiro atoms. The maximum Gasteiger partial charge on any atom is 0.158 e. The van der Waals surface area contributed by atoms with Gasteiger partial charge in [0.1, 0.15) is 23.9 Å². The van der Waals surface area contributed by atoms with Gasteiger partial charge < -0.3 is 14.3 Å². The summed E-state index contributed by atoms with van der Waals surface area (Å²) in [7, 11) is 0. The van der Waals surface area contributed by atoms with Crippen molar-refractivity contribution in [3.63, 3.8) is 0 Å². The van der Waals surface area contributed by atoms with E-state index in [4.69, 9.17) is 21.3 Å². The smallest absolute Gasteiger partial charge is 0.158 e. The van der Waals surface area contributed by atoms with E-state index in [9.17, 15) is 4.39 Å². The Kier molecular flexibility index (Phi) is 4.69. The average molecular weight is 419 g/mol. The summed E-state index contributed by atoms with van der Waals surface area (Å²) in [5, 5.41) is 0.653. The number of hydrogen-bond acceptors (Lipinski definition) is 3. The summed E-state index contributed by atoms with van der Waals surface area (Å²) in [4.78, 5) is 12.7. The molecule has 0 bridgehead atoms. The minimum atomic E-state index is -0.308. The van der Waals surface area contributed by atoms with Crippen LogP contribution < -0.4 is 4.74 Å². The molecule has 0 aliphatic rings. The molecule has 5 rings (SSSR count). The molecule has 0 radical (unpaired) electrons. The third-order valence-electron chi connectivity index (χ3n) is 4.70. The summed E-state index contributed by atoms with van der Waals surface area (Å²) in [6.07, 6.45) is 1.91. The zero-order valence-corrected chi connectivity index (χ0v) is 16.5. The van der Waals surface area contributed by atoms with Gasteiger partial charge in [-0.25, -0.2) is 14.4 Å². The normalized spacial score (nSPS) is 11.1. The second kappa shape index (κ2) is 7.65. The summed E-state index contributed by atoms with van der Waals surface area (Å²) in [6, 6.07) is 21.2. The van der Waals surface area contributed by atoms with Crippen LogP contribution in [0.3, 0.4) is 0 Å². The van der Waals surface area contributed by atoms with Crippen molar-refractivity contribution < 1.29 is 9.13 Å². The van der Waals surface area contributed by atoms with Gasteiger partial charge in [0.15, 0.2) is 11.6 Å². The van der Waals surface area contributed by atoms with Gasteiger partial charge in [0.2, 0.25) is 0 Å². The Morgan fingerprint density at radius 2 is 1.70 bits per heavy atom. The Labute approximate surface area is 176 Å². The lowest BCUT2D eigenvalue weighted by atomic mass is 10.3. The quantitative estimate of drug-likeness (QED) is 0.393. The Bertz CT molecular complexity index is 1280. The highest BCUT2D eigenvalue weighted by atomic mass is 35.5. The first kappa shape index (κ1) is 18.4. The molecule has 1 N–H and O–H groups in total. The summed E-state index contributed by atoms with van der Waals surface area (Å²) in [5.41, 5.74) is 3.40. The van der Waals surface area contributed by atoms with E-state index in [-0.39, 0.29) is 12.4 Å². The number of ether oxygens (including phenoxy) is 1. The van der Waals surface area contributed by atoms with Crippen LogP contribution in [0.5, 0.6) is 5.75 Å². The fourth-order valence-electron chi connectivity index (χ4n) is 3.21. The van der Waals surface area contributed by atoms with Crippen LogP contribution in [0.4, 0.5) is 4.39 Å². The van der Waals surface area contributed by atoms with Crippen molar-refractivity contribution in [2.24, 2.45) is 0 Å². The molecule has 3 aromatic carbocycles. The van der Waals surface area contributed by atoms with Gasteiger partial charge in [0.05, 0.1) is 11.0 Å². The maximum absolute atomic E-state index is 13.2. The number of aromatic amines is 1. The number of imidazole rings is 2. The monoisotopic (exact) mass is 418 g/mol. The molecule has 0 saturated heterocycles. The molecule has 0 unspecified atom stereocenters. The molecule has 0 aliphatic carbocycles. The number of para-hydroxylation sites is 2. The van der Waals surface area contributed by atoms with Crippen LogP contribution in [0.1, 0.15) is 5.82 Å². The molecule has 0 atom stereocenters. The van der Waals surface area contributed by atoms with E-state index < -0.39 is 0 Å². The standard InChI is InChI=1S/C23H16ClFN4O/c24-15-5-9-17(10-6-15)29-13-21(23-27-19-3-1-2-4-20(19)28-23)26-22(29)14-30-18-11-7-16(25)8-12-18/h1-13H,14H2,(H,27,28). The number of rotatable bonds is 5. The van der Waals surface area contributed by atoms with E-state index in [1.807, 2.05) is 59.3 Å². The maximum atomic E-state index is 13.2. The number of H-pyrrole nitrogens is 1. The van der Waals surface area contributed by atoms with Gasteiger partial charge in [-0.3, -0.25) is 0 Å². The van der Waals surface area contributed by atoms with Crippen molar-refractivity contribution in [3.8, 4) is 23.0 Å². The van der Waals surface area contributed by atoms with Crippen molar-refractivity contribution >= 4 is 22.6 Å². The molecule has 5 nitrogen and oxygen atoms in total. The van der Waals surface area contributed by atoms with Crippen molar-refractivity contribution in [2.75, 3.05) is 0 Å². The lowest BCUT2D eigenvalue weighted by Gasteiger charge is -2.09. The highest BCUT2D eigenvalue weighted by molar-refractivity contribution is 6.30. The predicted molar refractivity (Wildman–Crippen MR) is 114 cm³/mol. The Balaban J connectivity index is 1.53. The second-order valence-corrected chi connectivity index (χ2v) is 7.17. The fourth-order valence-corrected chi connectivity index (χ4v) is 3.34. The summed E-state index contributed by atoms with van der Waals surface area (Å²) < 4.78 is 20.9. The van der Waals surface area contributed by atoms with Crippen LogP contribution >= 0.6 is 11.6 Å². The van der Waals surface area contributed by atoms with Gasteiger partial charge in [0, 0.05) is 16.9 Å². The zero-order valence-electron chi connectivity index (χ0n) is 15.7. The second-order valence-electron chi connectivity index (χ2n) is 6.73. The van der Waals surface area contributed by atoms with Crippen molar-refractivity contribution in [1.82, 2.24) is 19.5 Å². The summed E-state index contributed by atoms with van der Waals surface area (Å²) in [6.45, 7) is 0.203. The molecule has 0 amide bonds. The molecular formula is C23H16ClFN4O. The molecule has 30 heavy (non-hydrogen) atoms. The van der Waals surface area contributed by atoms with E-state index in [1.165, 1.54) is 12.1 Å². The fraction of sp³-hybridized carbons (Fsp3) is 0.0435. The molecule has 0 saturated carbocycles. The third kappa shape index (κ3) is 3.65. The molecule has 0 fully saturated rings. The zero-order chi connectivity index (χ0) is 20.5. The summed E-state index contributed by atoms with van der Waals surface area (Å²) in [5.74, 6) is 1.61. The Hall–Kier alpha value is -3.64. The van der Waals surface area contributed by atoms with Crippen LogP contribution in [-0.2, 0) is 6.61 Å². The minimum absolute atomic E-state index is 0.203. The molecule has 0 aliphatic heterocycles. The van der Waals surface area contributed by atoms with Crippen molar-refractivity contribution in [1.29, 1.82) is 0 Å². The highest BCUT2D eigenvalue weighted by Crippen LogP contribution is 2.24. The number of hydrogen-bond donors (Lipinski definition) is 1. The van der Waals surface area contributed by atoms with Crippen molar-refractivity contribution in [2.45, 2.75) is 6.61 Å². The SMILES string of the molecule is Fc1ccc(OCc2nc(-c3nc4ccccc4[nH]3)cn2-c2ccc(Cl)cc2)cc1. The van der Waals surface area contributed by atoms with E-state index in [1.54, 1.807) is 12.1 Å². The molecular weight excluding hydrogens is 403 g/mol. The molecule has 2 aromatic heterocycles. The number of nitrogens with one attached hydrogen (secondary N) is 1. The predicted octanol–water partition coefficient (Wildman–Crippen LogP) is 5.79. The third-order valence-corrected chi connectivity index (χ3v) is 4.95. The minimum Gasteiger partial charge on any atom is -0.486 e. The van der Waals surface area contributed by atoms with Gasteiger partial charge in [-0.05, 0) is 60.7 Å². The van der Waals surface area contributed by atoms with Gasteiger partial charge in [-0.2, -0.15) is 0 Å². The molecule has 7 heteroatoms. The van der Waals surface area contributed by atoms with Crippen LogP contribution in [-0.4, -0.2) is 19.5 Å². The molecule has 2 heterocycles. The lowest BCUT2D eigenvalue weighted by molar-refractivity contribution is 0.293. The van der Waals surface area contributed by atoms with E-state index in [0.29, 0.717) is 28.1 Å². The molecule has 5 aromatic rings. The largest absolute Gasteiger partial charge is 0.486 e. The number of halogens is 2. The van der Waals surface area contributed by atoms with Crippen LogP contribution in [0, 0.1) is 5.82 Å². The molecule has 148 valence electrons. The summed E-state index contributed by atoms with van der Waals surface area (Å²) >= 11 is 6.04. The van der Waals surface area contributed by atoms with Crippen LogP contribution in [0.15, 0.2) is 79.0 Å². The van der Waals surface area contributed by atoms with Gasteiger partial charge in [-0.1, -0.05) is 23.7 Å². The Morgan fingerprint density at radius 1 is 0.933 bits per heavy atom. The first-order valence-corrected chi connectivity index (χ1v) is 9.71. The van der Waals surface area contributed by atoms with Gasteiger partial charge in [0.25, 0.3) is 0 Å². The van der Waals surface area contributed by atoms with Crippen LogP contribution in [0.25, 0.3) is 28.2 Å². The number of nitrogens with zero attached hydrogens (tertiary/aromatic N) is 3. The van der Waals surface area contributed by atoms with E-state index in [2.05, 4.69) is 9.97 Å².